The molecule has 0 saturated carbocycles. The molecule has 8 heteroatoms. The lowest BCUT2D eigenvalue weighted by Gasteiger charge is -2.33. The fraction of sp³-hybridized carbons (Fsp3) is 0.429. The molecule has 0 aromatic heterocycles. The van der Waals surface area contributed by atoms with E-state index in [0.29, 0.717) is 39.0 Å². The van der Waals surface area contributed by atoms with E-state index in [1.807, 2.05) is 32.0 Å². The van der Waals surface area contributed by atoms with Gasteiger partial charge in [0.15, 0.2) is 6.04 Å². The third-order valence-corrected chi connectivity index (χ3v) is 7.22. The number of amides is 1. The monoisotopic (exact) mass is 629 g/mol. The summed E-state index contributed by atoms with van der Waals surface area (Å²) >= 11 is 11.9. The maximum atomic E-state index is 12.9. The largest absolute Gasteiger partial charge is 0.494 e. The number of ether oxygens (including phenoxy) is 2. The Balaban J connectivity index is 0.00000316. The zero-order valence-corrected chi connectivity index (χ0v) is 27.7. The van der Waals surface area contributed by atoms with Gasteiger partial charge in [0.05, 0.1) is 33.3 Å². The van der Waals surface area contributed by atoms with E-state index in [2.05, 4.69) is 38.6 Å². The Morgan fingerprint density at radius 3 is 1.93 bits per heavy atom. The van der Waals surface area contributed by atoms with Crippen molar-refractivity contribution >= 4 is 35.1 Å². The highest BCUT2D eigenvalue weighted by molar-refractivity contribution is 6.35. The molecule has 0 aliphatic rings. The highest BCUT2D eigenvalue weighted by atomic mass is 35.5. The van der Waals surface area contributed by atoms with Gasteiger partial charge in [0.25, 0.3) is 5.91 Å². The first-order valence-corrected chi connectivity index (χ1v) is 15.9. The van der Waals surface area contributed by atoms with Crippen molar-refractivity contribution in [3.05, 3.63) is 94.0 Å². The van der Waals surface area contributed by atoms with Crippen LogP contribution in [0.4, 0.5) is 0 Å². The molecule has 0 aliphatic heterocycles. The number of esters is 1. The zero-order chi connectivity index (χ0) is 31.7. The molecule has 3 aromatic rings. The molecule has 0 saturated heterocycles. The Kier molecular flexibility index (Phi) is 16.2. The minimum Gasteiger partial charge on any atom is -0.494 e. The van der Waals surface area contributed by atoms with Gasteiger partial charge in [-0.05, 0) is 60.9 Å². The lowest BCUT2D eigenvalue weighted by Crippen LogP contribution is -2.55. The summed E-state index contributed by atoms with van der Waals surface area (Å²) < 4.78 is 11.8. The van der Waals surface area contributed by atoms with Crippen LogP contribution in [-0.2, 0) is 11.2 Å². The Morgan fingerprint density at radius 1 is 0.767 bits per heavy atom. The van der Waals surface area contributed by atoms with Crippen LogP contribution in [0.25, 0.3) is 0 Å². The fourth-order valence-electron chi connectivity index (χ4n) is 4.45. The van der Waals surface area contributed by atoms with E-state index < -0.39 is 5.97 Å². The number of hydrogen-bond acceptors (Lipinski definition) is 4. The van der Waals surface area contributed by atoms with Crippen LogP contribution in [-0.4, -0.2) is 56.7 Å². The first-order valence-electron chi connectivity index (χ1n) is 15.2. The molecule has 1 unspecified atom stereocenters. The third-order valence-electron chi connectivity index (χ3n) is 6.78. The van der Waals surface area contributed by atoms with Crippen LogP contribution in [0.2, 0.25) is 10.0 Å². The number of hydrogen-bond donors (Lipinski definition) is 1. The van der Waals surface area contributed by atoms with Crippen LogP contribution >= 0.6 is 23.2 Å². The van der Waals surface area contributed by atoms with Crippen molar-refractivity contribution in [1.82, 2.24) is 5.32 Å². The normalized spacial score (nSPS) is 11.6. The van der Waals surface area contributed by atoms with Crippen LogP contribution in [0.5, 0.6) is 11.5 Å². The molecule has 0 spiro atoms. The number of quaternary nitrogens is 1. The Labute approximate surface area is 267 Å². The van der Waals surface area contributed by atoms with Crippen LogP contribution < -0.4 is 14.8 Å². The van der Waals surface area contributed by atoms with Gasteiger partial charge in [0.1, 0.15) is 11.5 Å². The Bertz CT molecular complexity index is 1220. The van der Waals surface area contributed by atoms with Gasteiger partial charge < -0.3 is 19.3 Å². The van der Waals surface area contributed by atoms with E-state index in [-0.39, 0.29) is 11.9 Å². The number of halogens is 2. The number of unbranched alkanes of at least 4 members (excludes halogenated alkanes) is 5. The third kappa shape index (κ3) is 13.8. The molecule has 234 valence electrons. The summed E-state index contributed by atoms with van der Waals surface area (Å²) in [5.41, 5.74) is 1.48. The number of carbonyl (C=O) groups excluding carboxylic acids is 2. The predicted molar refractivity (Wildman–Crippen MR) is 177 cm³/mol. The van der Waals surface area contributed by atoms with Crippen LogP contribution in [0.15, 0.2) is 72.8 Å². The van der Waals surface area contributed by atoms with Gasteiger partial charge in [-0.2, -0.15) is 0 Å². The molecule has 43 heavy (non-hydrogen) atoms. The standard InChI is InChI=1S/C33H40Cl2N2O4.C2H6/c1-37(2,3)31(21-25-13-9-8-10-14-25)32(38)36-19-11-6-4-5-7-12-20-40-29-15-17-30(18-16-29)41-33(39)26-22-27(34)24-28(35)23-26;1-2/h8-10,13-18,22-24,31H,4-7,11-12,19-21H2,1-3H3;1-2H3/p+1. The van der Waals surface area contributed by atoms with Gasteiger partial charge in [-0.3, -0.25) is 4.79 Å². The highest BCUT2D eigenvalue weighted by Gasteiger charge is 2.31. The molecule has 1 amide bonds. The molecular weight excluding hydrogens is 583 g/mol. The van der Waals surface area contributed by atoms with Gasteiger partial charge in [-0.25, -0.2) is 4.79 Å². The van der Waals surface area contributed by atoms with Gasteiger partial charge in [-0.15, -0.1) is 0 Å². The quantitative estimate of drug-likeness (QED) is 0.0748. The number of likely N-dealkylation sites (N-methyl/N-ethyl adjacent to an activating group) is 1. The highest BCUT2D eigenvalue weighted by Crippen LogP contribution is 2.22. The fourth-order valence-corrected chi connectivity index (χ4v) is 4.98. The molecule has 0 radical (unpaired) electrons. The number of rotatable bonds is 16. The summed E-state index contributed by atoms with van der Waals surface area (Å²) in [6, 6.07) is 21.6. The van der Waals surface area contributed by atoms with Crippen molar-refractivity contribution in [2.75, 3.05) is 34.3 Å². The zero-order valence-electron chi connectivity index (χ0n) is 26.2. The molecule has 3 rings (SSSR count). The molecule has 0 heterocycles. The lowest BCUT2D eigenvalue weighted by atomic mass is 10.0. The summed E-state index contributed by atoms with van der Waals surface area (Å²) in [4.78, 5) is 25.2. The maximum absolute atomic E-state index is 12.9. The lowest BCUT2D eigenvalue weighted by molar-refractivity contribution is -0.886. The van der Waals surface area contributed by atoms with E-state index >= 15 is 0 Å². The van der Waals surface area contributed by atoms with Gasteiger partial charge >= 0.3 is 5.97 Å². The van der Waals surface area contributed by atoms with Crippen molar-refractivity contribution in [1.29, 1.82) is 0 Å². The van der Waals surface area contributed by atoms with Crippen LogP contribution in [0, 0.1) is 0 Å². The van der Waals surface area contributed by atoms with Gasteiger partial charge in [-0.1, -0.05) is 93.1 Å². The van der Waals surface area contributed by atoms with Crippen LogP contribution in [0.1, 0.15) is 68.3 Å². The van der Waals surface area contributed by atoms with Crippen molar-refractivity contribution in [3.8, 4) is 11.5 Å². The number of nitrogens with zero attached hydrogens (tertiary/aromatic N) is 1. The minimum atomic E-state index is -0.526. The molecular formula is C35H47Cl2N2O4+. The van der Waals surface area contributed by atoms with E-state index in [0.717, 1.165) is 50.7 Å². The smallest absolute Gasteiger partial charge is 0.343 e. The van der Waals surface area contributed by atoms with E-state index in [1.54, 1.807) is 30.3 Å². The molecule has 0 fully saturated rings. The second-order valence-electron chi connectivity index (χ2n) is 11.1. The Morgan fingerprint density at radius 2 is 1.33 bits per heavy atom. The summed E-state index contributed by atoms with van der Waals surface area (Å²) in [5.74, 6) is 0.738. The minimum absolute atomic E-state index is 0.114. The molecule has 1 N–H and O–H groups in total. The van der Waals surface area contributed by atoms with E-state index in [1.165, 1.54) is 17.7 Å². The number of carbonyl (C=O) groups is 2. The van der Waals surface area contributed by atoms with Crippen molar-refractivity contribution in [2.45, 2.75) is 64.8 Å². The van der Waals surface area contributed by atoms with Crippen molar-refractivity contribution in [3.63, 3.8) is 0 Å². The SMILES string of the molecule is CC.C[N+](C)(C)C(Cc1ccccc1)C(=O)NCCCCCCCCOc1ccc(OC(=O)c2cc(Cl)cc(Cl)c2)cc1. The molecule has 1 atom stereocenters. The predicted octanol–water partition coefficient (Wildman–Crippen LogP) is 8.39. The van der Waals surface area contributed by atoms with Crippen LogP contribution in [0.3, 0.4) is 0 Å². The number of nitrogens with one attached hydrogen (secondary N) is 1. The molecule has 3 aromatic carbocycles. The summed E-state index contributed by atoms with van der Waals surface area (Å²) in [5, 5.41) is 3.90. The molecule has 0 bridgehead atoms. The second kappa shape index (κ2) is 19.3. The van der Waals surface area contributed by atoms with Gasteiger partial charge in [0, 0.05) is 23.0 Å². The van der Waals surface area contributed by atoms with Crippen molar-refractivity contribution < 1.29 is 23.5 Å². The molecule has 0 aliphatic carbocycles. The topological polar surface area (TPSA) is 64.6 Å². The first kappa shape index (κ1) is 36.1. The summed E-state index contributed by atoms with van der Waals surface area (Å²) in [7, 11) is 6.22. The number of benzene rings is 3. The van der Waals surface area contributed by atoms with E-state index in [4.69, 9.17) is 32.7 Å². The average molecular weight is 631 g/mol. The molecule has 6 nitrogen and oxygen atoms in total. The summed E-state index contributed by atoms with van der Waals surface area (Å²) in [6.07, 6.45) is 7.13. The maximum Gasteiger partial charge on any atom is 0.343 e. The second-order valence-corrected chi connectivity index (χ2v) is 12.0. The van der Waals surface area contributed by atoms with E-state index in [9.17, 15) is 9.59 Å². The first-order chi connectivity index (χ1) is 20.6. The average Bonchev–Trinajstić information content (AvgIpc) is 2.98. The summed E-state index contributed by atoms with van der Waals surface area (Å²) in [6.45, 7) is 5.34. The van der Waals surface area contributed by atoms with Gasteiger partial charge in [0.2, 0.25) is 0 Å². The van der Waals surface area contributed by atoms with Crippen molar-refractivity contribution in [2.24, 2.45) is 0 Å². The Hall–Kier alpha value is -3.06.